The highest BCUT2D eigenvalue weighted by atomic mass is 19.4. The van der Waals surface area contributed by atoms with Crippen LogP contribution in [0.3, 0.4) is 0 Å². The summed E-state index contributed by atoms with van der Waals surface area (Å²) >= 11 is 0. The fraction of sp³-hybridized carbons (Fsp3) is 0.458. The Morgan fingerprint density at radius 3 is 1.68 bits per heavy atom. The van der Waals surface area contributed by atoms with Crippen molar-refractivity contribution in [2.24, 2.45) is 5.92 Å². The van der Waals surface area contributed by atoms with Gasteiger partial charge in [0, 0.05) is 50.7 Å². The van der Waals surface area contributed by atoms with Gasteiger partial charge >= 0.3 is 36.4 Å². The van der Waals surface area contributed by atoms with Crippen LogP contribution in [0, 0.1) is 5.92 Å². The number of aliphatic carboxylic acids is 3. The molecule has 1 spiro atoms. The smallest absolute Gasteiger partial charge is 0.490 e. The average molecular weight is 653 g/mol. The fourth-order valence-electron chi connectivity index (χ4n) is 3.57. The van der Waals surface area contributed by atoms with Gasteiger partial charge in [-0.2, -0.15) is 39.5 Å². The van der Waals surface area contributed by atoms with E-state index in [-0.39, 0.29) is 5.60 Å². The lowest BCUT2D eigenvalue weighted by atomic mass is 9.81. The number of hydrogen-bond acceptors (Lipinski definition) is 8. The Morgan fingerprint density at radius 1 is 0.841 bits per heavy atom. The summed E-state index contributed by atoms with van der Waals surface area (Å²) in [6.45, 7) is 4.43. The van der Waals surface area contributed by atoms with Gasteiger partial charge in [0.2, 0.25) is 0 Å². The van der Waals surface area contributed by atoms with Crippen LogP contribution in [0.15, 0.2) is 49.1 Å². The van der Waals surface area contributed by atoms with Crippen LogP contribution in [0.4, 0.5) is 39.5 Å². The normalized spacial score (nSPS) is 17.3. The first-order valence-electron chi connectivity index (χ1n) is 11.9. The standard InChI is InChI=1S/C18H21N3O2.3C2HF3O2/c1-3-15(9-19-6-1)11-21-13-18(14-21)16(5-8-23-18)12-22-17-4-2-7-20-10-17;3*3-2(4,5)1(6)7/h1-4,6-7,9-10,16H,5,8,11-14H2;3*(H,6,7). The molecule has 2 aliphatic heterocycles. The molecule has 0 amide bonds. The second kappa shape index (κ2) is 16.0. The number of rotatable bonds is 5. The largest absolute Gasteiger partial charge is 0.492 e. The van der Waals surface area contributed by atoms with Gasteiger partial charge in [0.1, 0.15) is 5.75 Å². The van der Waals surface area contributed by atoms with Crippen molar-refractivity contribution in [3.05, 3.63) is 54.6 Å². The molecule has 0 aromatic carbocycles. The molecule has 246 valence electrons. The summed E-state index contributed by atoms with van der Waals surface area (Å²) in [5, 5.41) is 21.4. The number of nitrogens with zero attached hydrogens (tertiary/aromatic N) is 3. The summed E-state index contributed by atoms with van der Waals surface area (Å²) in [4.78, 5) is 37.4. The molecule has 1 unspecified atom stereocenters. The third kappa shape index (κ3) is 13.4. The van der Waals surface area contributed by atoms with E-state index < -0.39 is 36.4 Å². The molecule has 2 saturated heterocycles. The number of alkyl halides is 9. The van der Waals surface area contributed by atoms with Crippen LogP contribution in [-0.4, -0.2) is 98.5 Å². The van der Waals surface area contributed by atoms with Crippen LogP contribution in [0.5, 0.6) is 5.75 Å². The van der Waals surface area contributed by atoms with Crippen LogP contribution in [0.25, 0.3) is 0 Å². The minimum absolute atomic E-state index is 0.0234. The van der Waals surface area contributed by atoms with Crippen LogP contribution in [0.2, 0.25) is 0 Å². The second-order valence-electron chi connectivity index (χ2n) is 8.81. The van der Waals surface area contributed by atoms with E-state index >= 15 is 0 Å². The van der Waals surface area contributed by atoms with Gasteiger partial charge in [0.05, 0.1) is 18.4 Å². The number of pyridine rings is 2. The number of ether oxygens (including phenoxy) is 2. The number of hydrogen-bond donors (Lipinski definition) is 3. The predicted octanol–water partition coefficient (Wildman–Crippen LogP) is 4.05. The molecule has 2 aromatic heterocycles. The predicted molar refractivity (Wildman–Crippen MR) is 127 cm³/mol. The molecule has 20 heteroatoms. The first-order valence-corrected chi connectivity index (χ1v) is 11.9. The molecule has 1 atom stereocenters. The van der Waals surface area contributed by atoms with Crippen LogP contribution >= 0.6 is 0 Å². The number of aromatic nitrogens is 2. The van der Waals surface area contributed by atoms with Crippen molar-refractivity contribution in [1.82, 2.24) is 14.9 Å². The highest BCUT2D eigenvalue weighted by Crippen LogP contribution is 2.40. The Kier molecular flexibility index (Phi) is 13.8. The molecule has 4 heterocycles. The molecule has 0 aliphatic carbocycles. The molecule has 2 aliphatic rings. The van der Waals surface area contributed by atoms with E-state index in [0.717, 1.165) is 38.4 Å². The van der Waals surface area contributed by atoms with Crippen molar-refractivity contribution in [2.75, 3.05) is 26.3 Å². The zero-order valence-corrected chi connectivity index (χ0v) is 22.1. The van der Waals surface area contributed by atoms with E-state index in [4.69, 9.17) is 39.2 Å². The number of carboxylic acid groups (broad SMARTS) is 3. The van der Waals surface area contributed by atoms with Gasteiger partial charge in [-0.1, -0.05) is 6.07 Å². The second-order valence-corrected chi connectivity index (χ2v) is 8.81. The van der Waals surface area contributed by atoms with Crippen molar-refractivity contribution < 1.29 is 78.7 Å². The average Bonchev–Trinajstić information content (AvgIpc) is 3.32. The lowest BCUT2D eigenvalue weighted by Gasteiger charge is -2.50. The van der Waals surface area contributed by atoms with Crippen molar-refractivity contribution in [2.45, 2.75) is 37.1 Å². The van der Waals surface area contributed by atoms with Crippen molar-refractivity contribution in [3.8, 4) is 5.75 Å². The third-order valence-corrected chi connectivity index (χ3v) is 5.52. The van der Waals surface area contributed by atoms with Gasteiger partial charge in [-0.25, -0.2) is 14.4 Å². The molecule has 0 saturated carbocycles. The molecule has 2 fully saturated rings. The quantitative estimate of drug-likeness (QED) is 0.400. The van der Waals surface area contributed by atoms with Gasteiger partial charge in [0.15, 0.2) is 0 Å². The molecule has 44 heavy (non-hydrogen) atoms. The SMILES string of the molecule is O=C(O)C(F)(F)F.O=C(O)C(F)(F)F.O=C(O)C(F)(F)F.c1cncc(CN2CC3(C2)OCCC3COc2cccnc2)c1. The Labute approximate surface area is 241 Å². The summed E-state index contributed by atoms with van der Waals surface area (Å²) in [5.74, 6) is -6.98. The van der Waals surface area contributed by atoms with Gasteiger partial charge in [-0.05, 0) is 30.2 Å². The molecule has 0 bridgehead atoms. The highest BCUT2D eigenvalue weighted by Gasteiger charge is 2.53. The number of likely N-dealkylation sites (tertiary alicyclic amines) is 1. The van der Waals surface area contributed by atoms with Gasteiger partial charge < -0.3 is 24.8 Å². The van der Waals surface area contributed by atoms with E-state index in [9.17, 15) is 39.5 Å². The maximum atomic E-state index is 10.6. The maximum Gasteiger partial charge on any atom is 0.490 e. The van der Waals surface area contributed by atoms with Crippen molar-refractivity contribution in [1.29, 1.82) is 0 Å². The zero-order valence-electron chi connectivity index (χ0n) is 22.1. The Hall–Kier alpha value is -4.20. The lowest BCUT2D eigenvalue weighted by Crippen LogP contribution is -2.64. The Balaban J connectivity index is 0.000000379. The molecule has 3 N–H and O–H groups in total. The molecule has 2 aromatic rings. The van der Waals surface area contributed by atoms with Crippen molar-refractivity contribution in [3.63, 3.8) is 0 Å². The van der Waals surface area contributed by atoms with Crippen LogP contribution in [-0.2, 0) is 25.7 Å². The van der Waals surface area contributed by atoms with Gasteiger partial charge in [-0.15, -0.1) is 0 Å². The Bertz CT molecular complexity index is 1130. The molecule has 0 radical (unpaired) electrons. The van der Waals surface area contributed by atoms with E-state index in [2.05, 4.69) is 20.9 Å². The maximum absolute atomic E-state index is 10.6. The minimum atomic E-state index is -5.08. The summed E-state index contributed by atoms with van der Waals surface area (Å²) in [7, 11) is 0. The topological polar surface area (TPSA) is 159 Å². The third-order valence-electron chi connectivity index (χ3n) is 5.52. The molecular formula is C24H24F9N3O8. The van der Waals surface area contributed by atoms with E-state index in [1.54, 1.807) is 12.4 Å². The minimum Gasteiger partial charge on any atom is -0.492 e. The highest BCUT2D eigenvalue weighted by molar-refractivity contribution is 5.73. The summed E-state index contributed by atoms with van der Waals surface area (Å²) < 4.78 is 107. The lowest BCUT2D eigenvalue weighted by molar-refractivity contribution is -0.193. The Morgan fingerprint density at radius 2 is 1.30 bits per heavy atom. The monoisotopic (exact) mass is 653 g/mol. The number of halogens is 9. The molecule has 4 rings (SSSR count). The molecular weight excluding hydrogens is 629 g/mol. The summed E-state index contributed by atoms with van der Waals surface area (Å²) in [6.07, 6.45) is -6.91. The van der Waals surface area contributed by atoms with E-state index in [1.807, 2.05) is 30.6 Å². The van der Waals surface area contributed by atoms with Gasteiger partial charge in [-0.3, -0.25) is 14.9 Å². The van der Waals surface area contributed by atoms with Crippen LogP contribution in [0.1, 0.15) is 12.0 Å². The molecule has 11 nitrogen and oxygen atoms in total. The number of carbonyl (C=O) groups is 3. The van der Waals surface area contributed by atoms with Crippen molar-refractivity contribution >= 4 is 17.9 Å². The summed E-state index contributed by atoms with van der Waals surface area (Å²) in [5.41, 5.74) is 1.23. The van der Waals surface area contributed by atoms with E-state index in [1.165, 1.54) is 5.56 Å². The first kappa shape index (κ1) is 37.8. The van der Waals surface area contributed by atoms with Crippen LogP contribution < -0.4 is 4.74 Å². The first-order chi connectivity index (χ1) is 20.2. The van der Waals surface area contributed by atoms with Gasteiger partial charge in [0.25, 0.3) is 0 Å². The fourth-order valence-corrected chi connectivity index (χ4v) is 3.57. The van der Waals surface area contributed by atoms with E-state index in [0.29, 0.717) is 12.5 Å². The number of carboxylic acids is 3. The zero-order chi connectivity index (χ0) is 33.8. The summed E-state index contributed by atoms with van der Waals surface area (Å²) in [6, 6.07) is 7.96.